The van der Waals surface area contributed by atoms with E-state index in [1.807, 2.05) is 13.0 Å². The molecule has 1 aromatic heterocycles. The molecular weight excluding hydrogens is 401 g/mol. The van der Waals surface area contributed by atoms with E-state index in [2.05, 4.69) is 25.8 Å². The molecule has 1 saturated carbocycles. The van der Waals surface area contributed by atoms with Gasteiger partial charge < -0.3 is 4.74 Å². The zero-order valence-corrected chi connectivity index (χ0v) is 18.9. The van der Waals surface area contributed by atoms with Crippen LogP contribution in [0.25, 0.3) is 10.9 Å². The molecule has 1 aliphatic rings. The Hall–Kier alpha value is -2.37. The van der Waals surface area contributed by atoms with Crippen molar-refractivity contribution < 1.29 is 17.9 Å². The summed E-state index contributed by atoms with van der Waals surface area (Å²) in [6.45, 7) is 8.50. The van der Waals surface area contributed by atoms with Crippen LogP contribution in [0.5, 0.6) is 5.75 Å². The molecule has 0 spiro atoms. The molecule has 1 aliphatic carbocycles. The van der Waals surface area contributed by atoms with Crippen molar-refractivity contribution in [1.82, 2.24) is 4.98 Å². The van der Waals surface area contributed by atoms with E-state index in [1.165, 1.54) is 31.6 Å². The number of alkyl halides is 3. The maximum Gasteiger partial charge on any atom is 0.433 e. The molecule has 0 radical (unpaired) electrons. The summed E-state index contributed by atoms with van der Waals surface area (Å²) in [5.41, 5.74) is 3.27. The lowest BCUT2D eigenvalue weighted by molar-refractivity contribution is -0.140. The van der Waals surface area contributed by atoms with Crippen LogP contribution in [-0.2, 0) is 6.18 Å². The number of aromatic nitrogens is 1. The highest BCUT2D eigenvalue weighted by Crippen LogP contribution is 2.37. The van der Waals surface area contributed by atoms with E-state index in [0.717, 1.165) is 41.8 Å². The Morgan fingerprint density at radius 3 is 2.32 bits per heavy atom. The summed E-state index contributed by atoms with van der Waals surface area (Å²) < 4.78 is 45.0. The smallest absolute Gasteiger partial charge is 0.433 e. The van der Waals surface area contributed by atoms with Gasteiger partial charge in [-0.05, 0) is 63.3 Å². The second-order valence-corrected chi connectivity index (χ2v) is 8.66. The van der Waals surface area contributed by atoms with Crippen molar-refractivity contribution in [2.45, 2.75) is 66.0 Å². The third-order valence-corrected chi connectivity index (χ3v) is 6.15. The van der Waals surface area contributed by atoms with Gasteiger partial charge in [0.2, 0.25) is 0 Å². The molecule has 1 heterocycles. The summed E-state index contributed by atoms with van der Waals surface area (Å²) in [5, 5.41) is 0.623. The zero-order valence-electron chi connectivity index (χ0n) is 18.9. The number of ether oxygens (including phenoxy) is 1. The summed E-state index contributed by atoms with van der Waals surface area (Å²) in [4.78, 5) is 8.99. The monoisotopic (exact) mass is 432 g/mol. The van der Waals surface area contributed by atoms with Crippen molar-refractivity contribution in [1.29, 1.82) is 0 Å². The van der Waals surface area contributed by atoms with E-state index in [-0.39, 0.29) is 5.52 Å². The second kappa shape index (κ2) is 9.41. The second-order valence-electron chi connectivity index (χ2n) is 8.66. The van der Waals surface area contributed by atoms with Crippen molar-refractivity contribution in [3.05, 3.63) is 46.8 Å². The fourth-order valence-corrected chi connectivity index (χ4v) is 4.39. The maximum atomic E-state index is 13.2. The fraction of sp³-hybridized carbons (Fsp3) is 0.520. The fourth-order valence-electron chi connectivity index (χ4n) is 4.39. The van der Waals surface area contributed by atoms with Gasteiger partial charge in [0, 0.05) is 28.3 Å². The van der Waals surface area contributed by atoms with Gasteiger partial charge in [0.25, 0.3) is 0 Å². The number of aliphatic imine (C=N–C) groups is 1. The zero-order chi connectivity index (χ0) is 22.8. The predicted octanol–water partition coefficient (Wildman–Crippen LogP) is 7.58. The van der Waals surface area contributed by atoms with Crippen molar-refractivity contribution >= 4 is 16.6 Å². The lowest BCUT2D eigenvalue weighted by Gasteiger charge is -2.28. The average Bonchev–Trinajstić information content (AvgIpc) is 2.73. The standard InChI is InChI=1S/C25H31F3N2O/c1-6-20(29-23(15(2)3)17-9-7-16(4)8-10-17)18-11-13-21(31-5)24-19(18)12-14-22(30-24)25(26,27)28/h11-14,16-17H,6-10H2,1-5H3. The summed E-state index contributed by atoms with van der Waals surface area (Å²) in [6, 6.07) is 6.08. The van der Waals surface area contributed by atoms with Crippen molar-refractivity contribution in [3.63, 3.8) is 0 Å². The van der Waals surface area contributed by atoms with Crippen molar-refractivity contribution in [3.8, 4) is 5.75 Å². The number of hydrogen-bond acceptors (Lipinski definition) is 3. The maximum absolute atomic E-state index is 13.2. The van der Waals surface area contributed by atoms with Gasteiger partial charge in [0.15, 0.2) is 0 Å². The van der Waals surface area contributed by atoms with Gasteiger partial charge >= 0.3 is 6.18 Å². The van der Waals surface area contributed by atoms with E-state index in [9.17, 15) is 13.2 Å². The molecule has 6 heteroatoms. The quantitative estimate of drug-likeness (QED) is 0.456. The van der Waals surface area contributed by atoms with Crippen LogP contribution in [0.15, 0.2) is 40.5 Å². The molecule has 0 N–H and O–H groups in total. The molecule has 3 nitrogen and oxygen atoms in total. The molecule has 0 amide bonds. The molecule has 0 saturated heterocycles. The highest BCUT2D eigenvalue weighted by Gasteiger charge is 2.33. The van der Waals surface area contributed by atoms with Crippen LogP contribution in [0.3, 0.4) is 0 Å². The summed E-state index contributed by atoms with van der Waals surface area (Å²) in [6.07, 6.45) is 0.818. The molecule has 31 heavy (non-hydrogen) atoms. The molecule has 1 aromatic carbocycles. The molecule has 3 rings (SSSR count). The Kier molecular flexibility index (Phi) is 7.07. The number of nitrogens with zero attached hydrogens (tertiary/aromatic N) is 2. The van der Waals surface area contributed by atoms with Crippen LogP contribution < -0.4 is 4.74 Å². The number of halogens is 3. The number of benzene rings is 1. The Morgan fingerprint density at radius 1 is 1.10 bits per heavy atom. The minimum atomic E-state index is -4.51. The SMILES string of the molecule is CCC(=NC(=C(C)C)C1CCC(C)CC1)c1ccc(OC)c2nc(C(F)(F)F)ccc12. The largest absolute Gasteiger partial charge is 0.494 e. The van der Waals surface area contributed by atoms with Gasteiger partial charge in [-0.2, -0.15) is 13.2 Å². The number of pyridine rings is 1. The van der Waals surface area contributed by atoms with Crippen LogP contribution in [0.2, 0.25) is 0 Å². The highest BCUT2D eigenvalue weighted by atomic mass is 19.4. The number of allylic oxidation sites excluding steroid dienone is 2. The third kappa shape index (κ3) is 5.10. The molecular formula is C25H31F3N2O. The lowest BCUT2D eigenvalue weighted by atomic mass is 9.80. The summed E-state index contributed by atoms with van der Waals surface area (Å²) in [7, 11) is 1.44. The lowest BCUT2D eigenvalue weighted by Crippen LogP contribution is -2.16. The van der Waals surface area contributed by atoms with Crippen molar-refractivity contribution in [2.24, 2.45) is 16.8 Å². The van der Waals surface area contributed by atoms with Gasteiger partial charge in [0.05, 0.1) is 7.11 Å². The molecule has 2 aromatic rings. The minimum absolute atomic E-state index is 0.209. The van der Waals surface area contributed by atoms with Crippen LogP contribution in [0, 0.1) is 11.8 Å². The number of hydrogen-bond donors (Lipinski definition) is 0. The molecule has 0 unspecified atom stereocenters. The first-order chi connectivity index (χ1) is 14.7. The van der Waals surface area contributed by atoms with Gasteiger partial charge in [-0.1, -0.05) is 32.3 Å². The summed E-state index contributed by atoms with van der Waals surface area (Å²) >= 11 is 0. The topological polar surface area (TPSA) is 34.5 Å². The van der Waals surface area contributed by atoms with Gasteiger partial charge in [0.1, 0.15) is 17.0 Å². The normalized spacial score (nSPS) is 20.1. The van der Waals surface area contributed by atoms with Gasteiger partial charge in [-0.3, -0.25) is 4.99 Å². The van der Waals surface area contributed by atoms with E-state index in [4.69, 9.17) is 9.73 Å². The first-order valence-electron chi connectivity index (χ1n) is 11.0. The number of fused-ring (bicyclic) bond motifs is 1. The first-order valence-corrected chi connectivity index (χ1v) is 11.0. The van der Waals surface area contributed by atoms with Crippen LogP contribution >= 0.6 is 0 Å². The summed E-state index contributed by atoms with van der Waals surface area (Å²) in [5.74, 6) is 1.51. The van der Waals surface area contributed by atoms with Gasteiger partial charge in [-0.25, -0.2) is 4.98 Å². The van der Waals surface area contributed by atoms with Gasteiger partial charge in [-0.15, -0.1) is 0 Å². The highest BCUT2D eigenvalue weighted by molar-refractivity contribution is 6.11. The Morgan fingerprint density at radius 2 is 1.77 bits per heavy atom. The first kappa shape index (κ1) is 23.3. The van der Waals surface area contributed by atoms with E-state index in [0.29, 0.717) is 23.5 Å². The molecule has 1 fully saturated rings. The molecule has 0 aliphatic heterocycles. The average molecular weight is 433 g/mol. The Bertz CT molecular complexity index is 996. The van der Waals surface area contributed by atoms with E-state index in [1.54, 1.807) is 6.07 Å². The van der Waals surface area contributed by atoms with E-state index >= 15 is 0 Å². The molecule has 168 valence electrons. The molecule has 0 bridgehead atoms. The third-order valence-electron chi connectivity index (χ3n) is 6.15. The Labute approximate surface area is 182 Å². The number of methoxy groups -OCH3 is 1. The number of rotatable bonds is 5. The Balaban J connectivity index is 2.12. The van der Waals surface area contributed by atoms with Crippen LogP contribution in [0.4, 0.5) is 13.2 Å². The molecule has 0 atom stereocenters. The van der Waals surface area contributed by atoms with Crippen LogP contribution in [-0.4, -0.2) is 17.8 Å². The van der Waals surface area contributed by atoms with Crippen LogP contribution in [0.1, 0.15) is 71.1 Å². The van der Waals surface area contributed by atoms with E-state index < -0.39 is 11.9 Å². The predicted molar refractivity (Wildman–Crippen MR) is 120 cm³/mol. The minimum Gasteiger partial charge on any atom is -0.494 e. The van der Waals surface area contributed by atoms with Crippen molar-refractivity contribution in [2.75, 3.05) is 7.11 Å².